The third kappa shape index (κ3) is 5.86. The molecule has 0 N–H and O–H groups in total. The topological polar surface area (TPSA) is 30.0 Å². The summed E-state index contributed by atoms with van der Waals surface area (Å²) in [6.07, 6.45) is 5.44. The quantitative estimate of drug-likeness (QED) is 0.237. The molecule has 5 rings (SSSR count). The van der Waals surface area contributed by atoms with Crippen LogP contribution in [0.5, 0.6) is 0 Å². The average molecular weight is 514 g/mol. The number of fused-ring (bicyclic) bond motifs is 1. The van der Waals surface area contributed by atoms with Gasteiger partial charge in [-0.15, -0.1) is 0 Å². The van der Waals surface area contributed by atoms with Gasteiger partial charge in [-0.25, -0.2) is 8.78 Å². The first-order valence-electron chi connectivity index (χ1n) is 12.3. The minimum Gasteiger partial charge on any atom is -0.299 e. The van der Waals surface area contributed by atoms with E-state index >= 15 is 0 Å². The molecule has 0 fully saturated rings. The van der Waals surface area contributed by atoms with Gasteiger partial charge in [-0.1, -0.05) is 59.6 Å². The average Bonchev–Trinajstić information content (AvgIpc) is 3.25. The normalized spacial score (nSPS) is 13.2. The number of hydrogen-bond donors (Lipinski definition) is 0. The number of aromatic nitrogens is 1. The van der Waals surface area contributed by atoms with Crippen molar-refractivity contribution in [2.45, 2.75) is 38.5 Å². The van der Waals surface area contributed by atoms with Crippen LogP contribution in [-0.4, -0.2) is 10.8 Å². The van der Waals surface area contributed by atoms with Crippen molar-refractivity contribution in [3.05, 3.63) is 130 Å². The van der Waals surface area contributed by atoms with E-state index in [-0.39, 0.29) is 24.5 Å². The molecule has 5 heteroatoms. The van der Waals surface area contributed by atoms with Gasteiger partial charge in [0.1, 0.15) is 17.4 Å². The molecule has 0 unspecified atom stereocenters. The zero-order valence-electron chi connectivity index (χ0n) is 20.5. The Bertz CT molecular complexity index is 1470. The van der Waals surface area contributed by atoms with E-state index in [1.807, 2.05) is 43.3 Å². The standard InChI is InChI=1S/C32H26ClF2NO/c1-20-4-5-23-6-7-24(31(23)13-20)17-29(37)18-25(14-21-15-27(34)19-28(35)16-21)32-30(3-2-12-36-32)22-8-10-26(33)11-9-22/h2-5,7-13,15-16,19,25H,6,14,17-18H2,1H3/t25-/m1/s1. The second kappa shape index (κ2) is 10.8. The number of carbonyl (C=O) groups is 1. The summed E-state index contributed by atoms with van der Waals surface area (Å²) < 4.78 is 28.1. The summed E-state index contributed by atoms with van der Waals surface area (Å²) in [4.78, 5) is 18.1. The summed E-state index contributed by atoms with van der Waals surface area (Å²) in [6, 6.07) is 21.1. The van der Waals surface area contributed by atoms with E-state index < -0.39 is 11.6 Å². The van der Waals surface area contributed by atoms with E-state index in [4.69, 9.17) is 11.6 Å². The van der Waals surface area contributed by atoms with Crippen LogP contribution in [0.1, 0.15) is 46.7 Å². The van der Waals surface area contributed by atoms with Crippen molar-refractivity contribution in [2.24, 2.45) is 0 Å². The maximum absolute atomic E-state index is 14.0. The molecule has 1 heterocycles. The van der Waals surface area contributed by atoms with Crippen molar-refractivity contribution in [2.75, 3.05) is 0 Å². The number of nitrogens with zero attached hydrogens (tertiary/aromatic N) is 1. The van der Waals surface area contributed by atoms with Crippen LogP contribution in [0, 0.1) is 18.6 Å². The highest BCUT2D eigenvalue weighted by molar-refractivity contribution is 6.30. The minimum absolute atomic E-state index is 0.0650. The van der Waals surface area contributed by atoms with Gasteiger partial charge in [0.2, 0.25) is 0 Å². The van der Waals surface area contributed by atoms with E-state index in [1.165, 1.54) is 17.7 Å². The van der Waals surface area contributed by atoms with Gasteiger partial charge < -0.3 is 0 Å². The Morgan fingerprint density at radius 2 is 1.73 bits per heavy atom. The highest BCUT2D eigenvalue weighted by atomic mass is 35.5. The molecule has 1 aliphatic rings. The summed E-state index contributed by atoms with van der Waals surface area (Å²) in [6.45, 7) is 2.05. The monoisotopic (exact) mass is 513 g/mol. The van der Waals surface area contributed by atoms with E-state index in [1.54, 1.807) is 6.20 Å². The molecular weight excluding hydrogens is 488 g/mol. The lowest BCUT2D eigenvalue weighted by molar-refractivity contribution is -0.118. The number of aryl methyl sites for hydroxylation is 1. The fourth-order valence-electron chi connectivity index (χ4n) is 5.13. The van der Waals surface area contributed by atoms with Crippen molar-refractivity contribution in [1.29, 1.82) is 0 Å². The number of allylic oxidation sites excluding steroid dienone is 2. The SMILES string of the molecule is Cc1ccc2c(c1)C(CC(=O)C[C@@H](Cc1cc(F)cc(F)c1)c1ncccc1-c1ccc(Cl)cc1)=CC2. The Balaban J connectivity index is 1.47. The van der Waals surface area contributed by atoms with Crippen molar-refractivity contribution in [3.8, 4) is 11.1 Å². The predicted octanol–water partition coefficient (Wildman–Crippen LogP) is 8.30. The maximum atomic E-state index is 14.0. The molecule has 0 spiro atoms. The number of carbonyl (C=O) groups excluding carboxylic acids is 1. The molecule has 0 radical (unpaired) electrons. The number of Topliss-reactive ketones (excluding diaryl/α,β-unsaturated/α-hetero) is 1. The van der Waals surface area contributed by atoms with Crippen LogP contribution < -0.4 is 0 Å². The van der Waals surface area contributed by atoms with Crippen LogP contribution in [-0.2, 0) is 17.6 Å². The second-order valence-corrected chi connectivity index (χ2v) is 10.1. The number of rotatable bonds is 8. The Kier molecular flexibility index (Phi) is 7.29. The molecular formula is C32H26ClF2NO. The zero-order valence-corrected chi connectivity index (χ0v) is 21.2. The van der Waals surface area contributed by atoms with Crippen LogP contribution in [0.15, 0.2) is 85.1 Å². The van der Waals surface area contributed by atoms with Crippen molar-refractivity contribution >= 4 is 23.0 Å². The number of pyridine rings is 1. The fourth-order valence-corrected chi connectivity index (χ4v) is 5.26. The Labute approximate surface area is 220 Å². The number of benzene rings is 3. The molecule has 3 aromatic carbocycles. The molecule has 1 aromatic heterocycles. The van der Waals surface area contributed by atoms with Crippen molar-refractivity contribution in [3.63, 3.8) is 0 Å². The molecule has 0 amide bonds. The minimum atomic E-state index is -0.637. The van der Waals surface area contributed by atoms with Gasteiger partial charge in [0.05, 0.1) is 5.69 Å². The van der Waals surface area contributed by atoms with Gasteiger partial charge in [-0.3, -0.25) is 9.78 Å². The van der Waals surface area contributed by atoms with E-state index in [9.17, 15) is 13.6 Å². The van der Waals surface area contributed by atoms with E-state index in [0.29, 0.717) is 17.0 Å². The molecule has 0 saturated heterocycles. The van der Waals surface area contributed by atoms with Gasteiger partial charge in [-0.2, -0.15) is 0 Å². The number of halogens is 3. The van der Waals surface area contributed by atoms with Crippen molar-refractivity contribution in [1.82, 2.24) is 4.98 Å². The summed E-state index contributed by atoms with van der Waals surface area (Å²) in [7, 11) is 0. The summed E-state index contributed by atoms with van der Waals surface area (Å²) in [5, 5.41) is 0.622. The molecule has 1 atom stereocenters. The Morgan fingerprint density at radius 3 is 2.49 bits per heavy atom. The Hall–Kier alpha value is -3.63. The molecule has 0 saturated carbocycles. The summed E-state index contributed by atoms with van der Waals surface area (Å²) in [5.41, 5.74) is 7.56. The Morgan fingerprint density at radius 1 is 0.973 bits per heavy atom. The predicted molar refractivity (Wildman–Crippen MR) is 145 cm³/mol. The van der Waals surface area contributed by atoms with Crippen LogP contribution >= 0.6 is 11.6 Å². The highest BCUT2D eigenvalue weighted by Gasteiger charge is 2.24. The lowest BCUT2D eigenvalue weighted by Gasteiger charge is -2.20. The van der Waals surface area contributed by atoms with Gasteiger partial charge in [0.15, 0.2) is 0 Å². The van der Waals surface area contributed by atoms with Gasteiger partial charge in [-0.05, 0) is 77.9 Å². The lowest BCUT2D eigenvalue weighted by atomic mass is 9.85. The number of hydrogen-bond acceptors (Lipinski definition) is 2. The smallest absolute Gasteiger partial charge is 0.137 e. The van der Waals surface area contributed by atoms with Gasteiger partial charge >= 0.3 is 0 Å². The van der Waals surface area contributed by atoms with Crippen LogP contribution in [0.4, 0.5) is 8.78 Å². The summed E-state index contributed by atoms with van der Waals surface area (Å²) >= 11 is 6.10. The highest BCUT2D eigenvalue weighted by Crippen LogP contribution is 2.35. The molecule has 0 bridgehead atoms. The van der Waals surface area contributed by atoms with Crippen LogP contribution in [0.3, 0.4) is 0 Å². The first kappa shape index (κ1) is 25.0. The third-order valence-electron chi connectivity index (χ3n) is 6.83. The summed E-state index contributed by atoms with van der Waals surface area (Å²) in [5.74, 6) is -1.57. The molecule has 1 aliphatic carbocycles. The van der Waals surface area contributed by atoms with Crippen LogP contribution in [0.25, 0.3) is 16.7 Å². The zero-order chi connectivity index (χ0) is 25.9. The first-order chi connectivity index (χ1) is 17.9. The lowest BCUT2D eigenvalue weighted by Crippen LogP contribution is -2.13. The van der Waals surface area contributed by atoms with Gasteiger partial charge in [0.25, 0.3) is 0 Å². The molecule has 2 nitrogen and oxygen atoms in total. The van der Waals surface area contributed by atoms with E-state index in [0.717, 1.165) is 46.0 Å². The maximum Gasteiger partial charge on any atom is 0.137 e. The van der Waals surface area contributed by atoms with Crippen LogP contribution in [0.2, 0.25) is 5.02 Å². The molecule has 4 aromatic rings. The van der Waals surface area contributed by atoms with Crippen molar-refractivity contribution < 1.29 is 13.6 Å². The third-order valence-corrected chi connectivity index (χ3v) is 7.08. The van der Waals surface area contributed by atoms with Gasteiger partial charge in [0, 0.05) is 41.6 Å². The van der Waals surface area contributed by atoms with E-state index in [2.05, 4.69) is 29.3 Å². The molecule has 37 heavy (non-hydrogen) atoms. The molecule has 186 valence electrons. The first-order valence-corrected chi connectivity index (χ1v) is 12.7. The molecule has 0 aliphatic heterocycles. The largest absolute Gasteiger partial charge is 0.299 e. The second-order valence-electron chi connectivity index (χ2n) is 9.64. The number of ketones is 1. The fraction of sp³-hybridized carbons (Fsp3) is 0.188.